The van der Waals surface area contributed by atoms with Gasteiger partial charge in [-0.15, -0.1) is 0 Å². The molecule has 107 heavy (non-hydrogen) atoms. The molecule has 8 nitrogen and oxygen atoms in total. The van der Waals surface area contributed by atoms with Gasteiger partial charge in [0, 0.05) is 118 Å². The van der Waals surface area contributed by atoms with Gasteiger partial charge in [0.2, 0.25) is 22.8 Å². The van der Waals surface area contributed by atoms with Crippen LogP contribution in [0.2, 0.25) is 0 Å². The van der Waals surface area contributed by atoms with Gasteiger partial charge in [0.25, 0.3) is 0 Å². The number of benzene rings is 10. The van der Waals surface area contributed by atoms with Crippen molar-refractivity contribution in [2.75, 3.05) is 0 Å². The van der Waals surface area contributed by atoms with Gasteiger partial charge in [0.1, 0.15) is 96.1 Å². The molecule has 12 heteroatoms. The van der Waals surface area contributed by atoms with Gasteiger partial charge in [-0.05, 0) is 200 Å². The third-order valence-electron chi connectivity index (χ3n) is 19.9. The van der Waals surface area contributed by atoms with Gasteiger partial charge in [-0.1, -0.05) is 88.3 Å². The first-order valence-electron chi connectivity index (χ1n) is 38.5. The van der Waals surface area contributed by atoms with Gasteiger partial charge in [-0.2, -0.15) is 0 Å². The molecule has 1 atom stereocenters. The number of rotatable bonds is 9. The van der Waals surface area contributed by atoms with Crippen LogP contribution in [0, 0.1) is 56.9 Å². The quantitative estimate of drug-likeness (QED) is 0.107. The molecule has 1 unspecified atom stereocenters. The standard InChI is InChI=1S/2C25H19FNO.C23H23FNO.C22H21FNO/c1-16-14-20-18-11-12-21(26)24(17-8-4-3-5-9-17)25(18)28-23(20)15-19(16)22-10-6-7-13-27(22)2;1-16-12-21-23(15-19(16)22-10-6-7-11-27(22)2)28-24-14-18(26)13-20(25(21)24)17-8-4-3-5-9-17;1-14(2)9-16-5-8-21(25(4)13-16)19-12-23-20(10-15(19)3)18-7-6-17(24)11-22(18)26-23;1-13(2)15-7-8-24(4)20(10-15)18-12-22-19(9-14(18)3)17-6-5-16(23)11-21(17)25-22/h2*3-15H,1-2H3;5-8,10-14H,9H2,1-4H3;5-13H,1-4H3/q4*+1/i;;9D2;1D3,13D. The molecule has 10 aromatic carbocycles. The number of hydrogen-bond donors (Lipinski definition) is 0. The fraction of sp³-hybridized carbons (Fsp3) is 0.158. The number of fused-ring (bicyclic) bond motifs is 12. The fourth-order valence-electron chi connectivity index (χ4n) is 14.6. The number of nitrogens with zero attached hydrogens (tertiary/aromatic N) is 4. The van der Waals surface area contributed by atoms with Crippen molar-refractivity contribution < 1.29 is 61.7 Å². The lowest BCUT2D eigenvalue weighted by Gasteiger charge is -2.09. The average molecular weight is 1430 g/mol. The van der Waals surface area contributed by atoms with Crippen LogP contribution in [-0.2, 0) is 34.6 Å². The summed E-state index contributed by atoms with van der Waals surface area (Å²) in [5.74, 6) is -3.09. The predicted octanol–water partition coefficient (Wildman–Crippen LogP) is 23.8. The molecule has 0 bridgehead atoms. The predicted molar refractivity (Wildman–Crippen MR) is 424 cm³/mol. The molecule has 0 spiro atoms. The summed E-state index contributed by atoms with van der Waals surface area (Å²) < 4.78 is 137. The zero-order valence-electron chi connectivity index (χ0n) is 67.3. The van der Waals surface area contributed by atoms with Crippen molar-refractivity contribution in [3.05, 3.63) is 312 Å². The van der Waals surface area contributed by atoms with Crippen LogP contribution < -0.4 is 18.3 Å². The van der Waals surface area contributed by atoms with Crippen molar-refractivity contribution in [1.82, 2.24) is 0 Å². The smallest absolute Gasteiger partial charge is 0.212 e. The third kappa shape index (κ3) is 13.8. The van der Waals surface area contributed by atoms with E-state index in [9.17, 15) is 17.6 Å². The highest BCUT2D eigenvalue weighted by molar-refractivity contribution is 6.14. The molecule has 0 aliphatic carbocycles. The van der Waals surface area contributed by atoms with Crippen LogP contribution in [0.4, 0.5) is 17.6 Å². The first-order valence-corrected chi connectivity index (χ1v) is 35.5. The first kappa shape index (κ1) is 63.2. The summed E-state index contributed by atoms with van der Waals surface area (Å²) >= 11 is 0. The maximum atomic E-state index is 14.7. The van der Waals surface area contributed by atoms with Crippen molar-refractivity contribution in [3.63, 3.8) is 0 Å². The number of pyridine rings is 4. The second-order valence-electron chi connectivity index (χ2n) is 27.8. The Morgan fingerprint density at radius 2 is 0.822 bits per heavy atom. The van der Waals surface area contributed by atoms with E-state index in [1.807, 2.05) is 205 Å². The van der Waals surface area contributed by atoms with Gasteiger partial charge in [-0.25, -0.2) is 35.8 Å². The van der Waals surface area contributed by atoms with Crippen LogP contribution in [0.3, 0.4) is 0 Å². The fourth-order valence-corrected chi connectivity index (χ4v) is 14.6. The number of halogens is 4. The van der Waals surface area contributed by atoms with E-state index in [1.165, 1.54) is 43.3 Å². The normalized spacial score (nSPS) is 13.2. The maximum Gasteiger partial charge on any atom is 0.212 e. The molecule has 0 saturated heterocycles. The molecule has 18 aromatic rings. The summed E-state index contributed by atoms with van der Waals surface area (Å²) in [6.45, 7) is 10.9. The molecule has 18 rings (SSSR count). The molecule has 8 heterocycles. The Hall–Kier alpha value is -12.3. The summed E-state index contributed by atoms with van der Waals surface area (Å²) in [4.78, 5) is 0. The Bertz CT molecular complexity index is 6710. The zero-order chi connectivity index (χ0) is 79.9. The van der Waals surface area contributed by atoms with Crippen molar-refractivity contribution >= 4 is 87.8 Å². The van der Waals surface area contributed by atoms with Crippen molar-refractivity contribution in [1.29, 1.82) is 0 Å². The Kier molecular flexibility index (Phi) is 17.1. The summed E-state index contributed by atoms with van der Waals surface area (Å²) in [5, 5.41) is 7.50. The Labute approximate surface area is 627 Å². The summed E-state index contributed by atoms with van der Waals surface area (Å²) in [6, 6.07) is 70.7. The Morgan fingerprint density at radius 1 is 0.374 bits per heavy atom. The summed E-state index contributed by atoms with van der Waals surface area (Å²) in [7, 11) is 7.85. The van der Waals surface area contributed by atoms with Crippen LogP contribution in [0.15, 0.2) is 273 Å². The zero-order valence-corrected chi connectivity index (χ0v) is 61.3. The van der Waals surface area contributed by atoms with Gasteiger partial charge < -0.3 is 17.7 Å². The van der Waals surface area contributed by atoms with E-state index in [2.05, 4.69) is 65.4 Å². The summed E-state index contributed by atoms with van der Waals surface area (Å²) in [5.41, 5.74) is 21.7. The first-order chi connectivity index (χ1) is 53.9. The van der Waals surface area contributed by atoms with Crippen LogP contribution in [-0.4, -0.2) is 0 Å². The third-order valence-corrected chi connectivity index (χ3v) is 19.9. The highest BCUT2D eigenvalue weighted by Gasteiger charge is 2.25. The summed E-state index contributed by atoms with van der Waals surface area (Å²) in [6.07, 6.45) is 6.28. The van der Waals surface area contributed by atoms with E-state index in [1.54, 1.807) is 36.5 Å². The van der Waals surface area contributed by atoms with Crippen LogP contribution in [0.1, 0.15) is 75.1 Å². The Balaban J connectivity index is 0.000000119. The van der Waals surface area contributed by atoms with Crippen LogP contribution >= 0.6 is 0 Å². The van der Waals surface area contributed by atoms with Gasteiger partial charge in [0.15, 0.2) is 24.8 Å². The molecule has 530 valence electrons. The average Bonchev–Trinajstić information content (AvgIpc) is 1.63. The van der Waals surface area contributed by atoms with E-state index in [0.29, 0.717) is 50.2 Å². The van der Waals surface area contributed by atoms with E-state index < -0.39 is 19.1 Å². The van der Waals surface area contributed by atoms with Crippen LogP contribution in [0.5, 0.6) is 0 Å². The molecule has 0 radical (unpaired) electrons. The lowest BCUT2D eigenvalue weighted by atomic mass is 9.96. The van der Waals surface area contributed by atoms with Crippen molar-refractivity contribution in [2.24, 2.45) is 34.1 Å². The number of aryl methyl sites for hydroxylation is 8. The lowest BCUT2D eigenvalue weighted by Crippen LogP contribution is -2.31. The molecule has 0 fully saturated rings. The largest absolute Gasteiger partial charge is 0.456 e. The topological polar surface area (TPSA) is 68.1 Å². The molecule has 0 aliphatic heterocycles. The number of hydrogen-bond acceptors (Lipinski definition) is 4. The minimum atomic E-state index is -2.45. The van der Waals surface area contributed by atoms with Crippen molar-refractivity contribution in [3.8, 4) is 67.3 Å². The van der Waals surface area contributed by atoms with E-state index in [0.717, 1.165) is 138 Å². The lowest BCUT2D eigenvalue weighted by molar-refractivity contribution is -0.660. The van der Waals surface area contributed by atoms with Crippen LogP contribution in [0.25, 0.3) is 155 Å². The number of furan rings is 4. The molecule has 0 amide bonds. The van der Waals surface area contributed by atoms with Gasteiger partial charge in [-0.3, -0.25) is 0 Å². The second kappa shape index (κ2) is 29.0. The molecular formula is C95H82F4N4O4+4. The Morgan fingerprint density at radius 3 is 1.36 bits per heavy atom. The SMILES string of the molecule is Cc1cc2c(cc1-c1cccc[n+]1C)oc1c(-c3ccccc3)c(F)ccc12.Cc1cc2c(cc1-c1cccc[n+]1C)oc1cc(F)cc(-c3ccccc3)c12.[2H]C([2H])([2H])C([2H])(C)c1cc[n+](C)c(-c2cc3oc4cc(F)ccc4c3cc2C)c1.[2H]C([2H])(c1ccc(-c2cc3oc4cc(F)ccc4c3cc2C)[n+](C)c1)C(C)C. The number of aromatic nitrogens is 4. The van der Waals surface area contributed by atoms with Gasteiger partial charge >= 0.3 is 0 Å². The molecule has 8 aromatic heterocycles. The highest BCUT2D eigenvalue weighted by atomic mass is 19.1. The van der Waals surface area contributed by atoms with Crippen molar-refractivity contribution in [2.45, 2.75) is 67.6 Å². The molecular weight excluding hydrogens is 1340 g/mol. The van der Waals surface area contributed by atoms with E-state index in [-0.39, 0.29) is 29.2 Å². The van der Waals surface area contributed by atoms with Gasteiger partial charge in [0.05, 0.1) is 27.8 Å². The molecule has 0 saturated carbocycles. The van der Waals surface area contributed by atoms with E-state index in [4.69, 9.17) is 25.9 Å². The molecule has 0 aliphatic rings. The minimum Gasteiger partial charge on any atom is -0.456 e. The monoisotopic (exact) mass is 1420 g/mol. The second-order valence-corrected chi connectivity index (χ2v) is 27.8. The highest BCUT2D eigenvalue weighted by Crippen LogP contribution is 2.43. The van der Waals surface area contributed by atoms with E-state index >= 15 is 0 Å². The minimum absolute atomic E-state index is 0.118. The maximum absolute atomic E-state index is 14.7. The molecule has 0 N–H and O–H groups in total.